The Morgan fingerprint density at radius 2 is 2.19 bits per heavy atom. The highest BCUT2D eigenvalue weighted by Crippen LogP contribution is 2.24. The zero-order valence-corrected chi connectivity index (χ0v) is 8.75. The van der Waals surface area contributed by atoms with Crippen molar-refractivity contribution in [3.05, 3.63) is 36.5 Å². The number of rotatable bonds is 3. The third kappa shape index (κ3) is 1.95. The van der Waals surface area contributed by atoms with Crippen LogP contribution >= 0.6 is 0 Å². The molecule has 0 aliphatic rings. The van der Waals surface area contributed by atoms with Gasteiger partial charge in [0.25, 0.3) is 0 Å². The maximum Gasteiger partial charge on any atom is 0.344 e. The van der Waals surface area contributed by atoms with Gasteiger partial charge in [0.2, 0.25) is 0 Å². The van der Waals surface area contributed by atoms with Crippen molar-refractivity contribution in [2.24, 2.45) is 0 Å². The first-order valence-corrected chi connectivity index (χ1v) is 4.91. The fraction of sp³-hybridized carbons (Fsp3) is 0.167. The molecule has 1 atom stereocenters. The van der Waals surface area contributed by atoms with E-state index in [1.54, 1.807) is 24.4 Å². The molecule has 0 radical (unpaired) electrons. The molecule has 0 unspecified atom stereocenters. The first kappa shape index (κ1) is 10.4. The van der Waals surface area contributed by atoms with Gasteiger partial charge in [-0.3, -0.25) is 4.98 Å². The number of hydrogen-bond acceptors (Lipinski definition) is 3. The van der Waals surface area contributed by atoms with Crippen molar-refractivity contribution in [3.63, 3.8) is 0 Å². The van der Waals surface area contributed by atoms with E-state index < -0.39 is 12.1 Å². The van der Waals surface area contributed by atoms with Gasteiger partial charge in [-0.15, -0.1) is 0 Å². The van der Waals surface area contributed by atoms with Crippen LogP contribution in [-0.2, 0) is 4.79 Å². The second kappa shape index (κ2) is 4.18. The van der Waals surface area contributed by atoms with E-state index in [9.17, 15) is 4.79 Å². The molecular formula is C12H11NO3. The Bertz CT molecular complexity index is 519. The molecule has 4 nitrogen and oxygen atoms in total. The summed E-state index contributed by atoms with van der Waals surface area (Å²) in [5, 5.41) is 9.59. The van der Waals surface area contributed by atoms with E-state index in [0.717, 1.165) is 10.9 Å². The summed E-state index contributed by atoms with van der Waals surface area (Å²) < 4.78 is 5.35. The third-order valence-corrected chi connectivity index (χ3v) is 2.26. The minimum atomic E-state index is -0.985. The van der Waals surface area contributed by atoms with Gasteiger partial charge in [0.05, 0.1) is 5.52 Å². The average Bonchev–Trinajstić information content (AvgIpc) is 2.29. The summed E-state index contributed by atoms with van der Waals surface area (Å²) in [6, 6.07) is 9.03. The molecular weight excluding hydrogens is 206 g/mol. The van der Waals surface area contributed by atoms with Crippen LogP contribution < -0.4 is 4.74 Å². The average molecular weight is 217 g/mol. The van der Waals surface area contributed by atoms with Crippen LogP contribution in [0.25, 0.3) is 10.9 Å². The van der Waals surface area contributed by atoms with Gasteiger partial charge in [-0.2, -0.15) is 0 Å². The third-order valence-electron chi connectivity index (χ3n) is 2.26. The number of aliphatic carboxylic acids is 1. The summed E-state index contributed by atoms with van der Waals surface area (Å²) in [6.07, 6.45) is 0.818. The first-order valence-electron chi connectivity index (χ1n) is 4.91. The highest BCUT2D eigenvalue weighted by Gasteiger charge is 2.13. The number of hydrogen-bond donors (Lipinski definition) is 1. The van der Waals surface area contributed by atoms with E-state index in [1.807, 2.05) is 12.1 Å². The summed E-state index contributed by atoms with van der Waals surface area (Å²) in [5.41, 5.74) is 0.789. The van der Waals surface area contributed by atoms with Crippen LogP contribution in [0.15, 0.2) is 36.5 Å². The molecule has 0 saturated carbocycles. The molecule has 1 N–H and O–H groups in total. The van der Waals surface area contributed by atoms with Crippen molar-refractivity contribution in [3.8, 4) is 5.75 Å². The van der Waals surface area contributed by atoms with Crippen LogP contribution in [0.5, 0.6) is 5.75 Å². The lowest BCUT2D eigenvalue weighted by atomic mass is 10.2. The smallest absolute Gasteiger partial charge is 0.344 e. The van der Waals surface area contributed by atoms with E-state index in [4.69, 9.17) is 9.84 Å². The fourth-order valence-electron chi connectivity index (χ4n) is 1.42. The molecule has 2 rings (SSSR count). The Morgan fingerprint density at radius 1 is 1.38 bits per heavy atom. The minimum absolute atomic E-state index is 0.542. The lowest BCUT2D eigenvalue weighted by Gasteiger charge is -2.11. The number of benzene rings is 1. The molecule has 0 saturated heterocycles. The van der Waals surface area contributed by atoms with E-state index in [2.05, 4.69) is 4.98 Å². The Balaban J connectivity index is 2.41. The largest absolute Gasteiger partial charge is 0.479 e. The molecule has 0 aliphatic heterocycles. The fourth-order valence-corrected chi connectivity index (χ4v) is 1.42. The summed E-state index contributed by atoms with van der Waals surface area (Å²) in [6.45, 7) is 1.50. The normalized spacial score (nSPS) is 12.3. The number of nitrogens with zero attached hydrogens (tertiary/aromatic N) is 1. The van der Waals surface area contributed by atoms with Gasteiger partial charge in [-0.1, -0.05) is 6.07 Å². The zero-order valence-electron chi connectivity index (χ0n) is 8.75. The van der Waals surface area contributed by atoms with E-state index in [0.29, 0.717) is 5.75 Å². The maximum atomic E-state index is 10.7. The minimum Gasteiger partial charge on any atom is -0.479 e. The van der Waals surface area contributed by atoms with Crippen molar-refractivity contribution in [1.82, 2.24) is 4.98 Å². The number of pyridine rings is 1. The SMILES string of the molecule is C[C@@H](Oc1cccc2ncccc12)C(=O)O. The van der Waals surface area contributed by atoms with Crippen LogP contribution in [0.4, 0.5) is 0 Å². The summed E-state index contributed by atoms with van der Waals surface area (Å²) in [5.74, 6) is -0.443. The van der Waals surface area contributed by atoms with E-state index in [1.165, 1.54) is 6.92 Å². The summed E-state index contributed by atoms with van der Waals surface area (Å²) in [4.78, 5) is 14.9. The van der Waals surface area contributed by atoms with Crippen molar-refractivity contribution < 1.29 is 14.6 Å². The highest BCUT2D eigenvalue weighted by atomic mass is 16.5. The molecule has 4 heteroatoms. The predicted octanol–water partition coefficient (Wildman–Crippen LogP) is 2.09. The Hall–Kier alpha value is -2.10. The second-order valence-corrected chi connectivity index (χ2v) is 3.42. The second-order valence-electron chi connectivity index (χ2n) is 3.42. The molecule has 82 valence electrons. The Kier molecular flexibility index (Phi) is 2.72. The molecule has 1 heterocycles. The van der Waals surface area contributed by atoms with Gasteiger partial charge in [0.1, 0.15) is 5.75 Å². The Morgan fingerprint density at radius 3 is 2.94 bits per heavy atom. The van der Waals surface area contributed by atoms with Crippen molar-refractivity contribution in [2.75, 3.05) is 0 Å². The topological polar surface area (TPSA) is 59.4 Å². The van der Waals surface area contributed by atoms with Gasteiger partial charge >= 0.3 is 5.97 Å². The molecule has 0 fully saturated rings. The maximum absolute atomic E-state index is 10.7. The monoisotopic (exact) mass is 217 g/mol. The highest BCUT2D eigenvalue weighted by molar-refractivity contribution is 5.85. The van der Waals surface area contributed by atoms with Gasteiger partial charge in [-0.05, 0) is 31.2 Å². The van der Waals surface area contributed by atoms with Crippen molar-refractivity contribution >= 4 is 16.9 Å². The van der Waals surface area contributed by atoms with Crippen LogP contribution in [-0.4, -0.2) is 22.2 Å². The lowest BCUT2D eigenvalue weighted by molar-refractivity contribution is -0.144. The number of aromatic nitrogens is 1. The van der Waals surface area contributed by atoms with Gasteiger partial charge in [-0.25, -0.2) is 4.79 Å². The number of fused-ring (bicyclic) bond motifs is 1. The Labute approximate surface area is 92.5 Å². The summed E-state index contributed by atoms with van der Waals surface area (Å²) in [7, 11) is 0. The van der Waals surface area contributed by atoms with Gasteiger partial charge in [0.15, 0.2) is 6.10 Å². The number of ether oxygens (including phenoxy) is 1. The van der Waals surface area contributed by atoms with Crippen LogP contribution in [0, 0.1) is 0 Å². The lowest BCUT2D eigenvalue weighted by Crippen LogP contribution is -2.22. The van der Waals surface area contributed by atoms with Crippen LogP contribution in [0.3, 0.4) is 0 Å². The molecule has 2 aromatic rings. The predicted molar refractivity (Wildman–Crippen MR) is 59.5 cm³/mol. The van der Waals surface area contributed by atoms with Crippen molar-refractivity contribution in [1.29, 1.82) is 0 Å². The van der Waals surface area contributed by atoms with Gasteiger partial charge < -0.3 is 9.84 Å². The van der Waals surface area contributed by atoms with E-state index >= 15 is 0 Å². The first-order chi connectivity index (χ1) is 7.68. The van der Waals surface area contributed by atoms with Crippen LogP contribution in [0.2, 0.25) is 0 Å². The summed E-state index contributed by atoms with van der Waals surface area (Å²) >= 11 is 0. The van der Waals surface area contributed by atoms with E-state index in [-0.39, 0.29) is 0 Å². The number of carbonyl (C=O) groups is 1. The van der Waals surface area contributed by atoms with Gasteiger partial charge in [0, 0.05) is 11.6 Å². The number of carboxylic acid groups (broad SMARTS) is 1. The zero-order chi connectivity index (χ0) is 11.5. The van der Waals surface area contributed by atoms with Crippen molar-refractivity contribution in [2.45, 2.75) is 13.0 Å². The molecule has 1 aromatic heterocycles. The van der Waals surface area contributed by atoms with Crippen LogP contribution in [0.1, 0.15) is 6.92 Å². The molecule has 0 amide bonds. The molecule has 1 aromatic carbocycles. The molecule has 0 bridgehead atoms. The molecule has 0 aliphatic carbocycles. The molecule has 16 heavy (non-hydrogen) atoms. The number of carboxylic acids is 1. The molecule has 0 spiro atoms. The quantitative estimate of drug-likeness (QED) is 0.855. The standard InChI is InChI=1S/C12H11NO3/c1-8(12(14)15)16-11-6-2-5-10-9(11)4-3-7-13-10/h2-8H,1H3,(H,14,15)/t8-/m1/s1.